The molecule has 154 valence electrons. The van der Waals surface area contributed by atoms with Crippen LogP contribution < -0.4 is 10.7 Å². The molecule has 7 heteroatoms. The van der Waals surface area contributed by atoms with Gasteiger partial charge in [-0.15, -0.1) is 0 Å². The fraction of sp³-hybridized carbons (Fsp3) is 0.174. The topological polar surface area (TPSA) is 75.5 Å². The monoisotopic (exact) mass is 466 g/mol. The number of rotatable bonds is 4. The van der Waals surface area contributed by atoms with Crippen molar-refractivity contribution >= 4 is 39.6 Å². The molecular weight excluding hydrogens is 444 g/mol. The molecular formula is C23H23BrN4O2. The van der Waals surface area contributed by atoms with Gasteiger partial charge in [0.2, 0.25) is 0 Å². The van der Waals surface area contributed by atoms with Crippen molar-refractivity contribution in [3.63, 3.8) is 0 Å². The van der Waals surface area contributed by atoms with Crippen LogP contribution in [0.4, 0.5) is 5.69 Å². The summed E-state index contributed by atoms with van der Waals surface area (Å²) in [6.07, 6.45) is 1.55. The summed E-state index contributed by atoms with van der Waals surface area (Å²) in [6, 6.07) is 15.3. The number of carbonyl (C=O) groups is 2. The lowest BCUT2D eigenvalue weighted by Gasteiger charge is -2.13. The molecule has 2 aromatic carbocycles. The molecule has 0 radical (unpaired) electrons. The van der Waals surface area contributed by atoms with Crippen LogP contribution in [0.2, 0.25) is 0 Å². The van der Waals surface area contributed by atoms with Gasteiger partial charge in [-0.1, -0.05) is 28.1 Å². The summed E-state index contributed by atoms with van der Waals surface area (Å²) in [5.74, 6) is -1.62. The SMILES string of the molecule is Cc1ccc(C)c(-n2c(C)cc(/C=N\NC(=O)C(=O)Nc3ccc(Br)cc3)c2C)c1. The van der Waals surface area contributed by atoms with Crippen molar-refractivity contribution in [2.45, 2.75) is 27.7 Å². The first kappa shape index (κ1) is 21.5. The molecule has 30 heavy (non-hydrogen) atoms. The van der Waals surface area contributed by atoms with Crippen LogP contribution in [0.5, 0.6) is 0 Å². The van der Waals surface area contributed by atoms with E-state index in [-0.39, 0.29) is 0 Å². The van der Waals surface area contributed by atoms with Crippen LogP contribution in [-0.2, 0) is 9.59 Å². The smallest absolute Gasteiger partial charge is 0.318 e. The fourth-order valence-electron chi connectivity index (χ4n) is 3.18. The molecule has 2 N–H and O–H groups in total. The Hall–Kier alpha value is -3.19. The van der Waals surface area contributed by atoms with Crippen molar-refractivity contribution < 1.29 is 9.59 Å². The Morgan fingerprint density at radius 2 is 1.67 bits per heavy atom. The van der Waals surface area contributed by atoms with Gasteiger partial charge in [0, 0.05) is 32.8 Å². The molecule has 6 nitrogen and oxygen atoms in total. The number of amides is 2. The molecule has 3 aromatic rings. The highest BCUT2D eigenvalue weighted by molar-refractivity contribution is 9.10. The number of nitrogens with zero attached hydrogens (tertiary/aromatic N) is 2. The lowest BCUT2D eigenvalue weighted by Crippen LogP contribution is -2.32. The number of aryl methyl sites for hydroxylation is 3. The minimum atomic E-state index is -0.836. The number of nitrogens with one attached hydrogen (secondary N) is 2. The zero-order chi connectivity index (χ0) is 21.8. The maximum absolute atomic E-state index is 12.0. The first-order valence-corrected chi connectivity index (χ1v) is 10.2. The summed E-state index contributed by atoms with van der Waals surface area (Å²) in [5.41, 5.74) is 9.19. The van der Waals surface area contributed by atoms with Crippen LogP contribution in [0.25, 0.3) is 5.69 Å². The van der Waals surface area contributed by atoms with Crippen molar-refractivity contribution in [3.8, 4) is 5.69 Å². The Kier molecular flexibility index (Phi) is 6.52. The molecule has 0 aliphatic heterocycles. The van der Waals surface area contributed by atoms with Crippen LogP contribution in [0.1, 0.15) is 28.1 Å². The molecule has 1 aromatic heterocycles. The predicted molar refractivity (Wildman–Crippen MR) is 123 cm³/mol. The number of halogens is 1. The van der Waals surface area contributed by atoms with E-state index in [1.165, 1.54) is 11.1 Å². The number of hydrogen-bond donors (Lipinski definition) is 2. The molecule has 0 spiro atoms. The zero-order valence-electron chi connectivity index (χ0n) is 17.3. The average Bonchev–Trinajstić information content (AvgIpc) is 2.98. The van der Waals surface area contributed by atoms with E-state index in [2.05, 4.69) is 68.4 Å². The highest BCUT2D eigenvalue weighted by Gasteiger charge is 2.14. The van der Waals surface area contributed by atoms with Gasteiger partial charge in [0.1, 0.15) is 0 Å². The molecule has 0 aliphatic carbocycles. The standard InChI is InChI=1S/C23H23BrN4O2/c1-14-5-6-15(2)21(11-14)28-16(3)12-18(17(28)4)13-25-27-23(30)22(29)26-20-9-7-19(24)8-10-20/h5-13H,1-4H3,(H,26,29)(H,27,30)/b25-13-. The zero-order valence-corrected chi connectivity index (χ0v) is 18.9. The molecule has 0 unspecified atom stereocenters. The largest absolute Gasteiger partial charge is 0.329 e. The highest BCUT2D eigenvalue weighted by atomic mass is 79.9. The summed E-state index contributed by atoms with van der Waals surface area (Å²) < 4.78 is 3.04. The third-order valence-corrected chi connectivity index (χ3v) is 5.28. The van der Waals surface area contributed by atoms with E-state index >= 15 is 0 Å². The molecule has 0 saturated heterocycles. The van der Waals surface area contributed by atoms with Crippen LogP contribution in [0, 0.1) is 27.7 Å². The minimum Gasteiger partial charge on any atom is -0.318 e. The molecule has 0 atom stereocenters. The van der Waals surface area contributed by atoms with Crippen molar-refractivity contribution in [1.29, 1.82) is 0 Å². The number of anilines is 1. The van der Waals surface area contributed by atoms with Crippen molar-refractivity contribution in [3.05, 3.63) is 81.1 Å². The number of carbonyl (C=O) groups excluding carboxylic acids is 2. The summed E-state index contributed by atoms with van der Waals surface area (Å²) in [6.45, 7) is 8.16. The Labute approximate surface area is 184 Å². The first-order valence-electron chi connectivity index (χ1n) is 9.43. The minimum absolute atomic E-state index is 0.527. The van der Waals surface area contributed by atoms with Crippen molar-refractivity contribution in [2.75, 3.05) is 5.32 Å². The Balaban J connectivity index is 1.70. The van der Waals surface area contributed by atoms with Gasteiger partial charge >= 0.3 is 11.8 Å². The van der Waals surface area contributed by atoms with Gasteiger partial charge in [0.15, 0.2) is 0 Å². The van der Waals surface area contributed by atoms with Crippen LogP contribution >= 0.6 is 15.9 Å². The molecule has 2 amide bonds. The van der Waals surface area contributed by atoms with E-state index < -0.39 is 11.8 Å². The van der Waals surface area contributed by atoms with E-state index in [9.17, 15) is 9.59 Å². The number of hydrazone groups is 1. The van der Waals surface area contributed by atoms with E-state index in [4.69, 9.17) is 0 Å². The molecule has 1 heterocycles. The van der Waals surface area contributed by atoms with Crippen LogP contribution in [0.15, 0.2) is 58.1 Å². The Morgan fingerprint density at radius 1 is 0.967 bits per heavy atom. The van der Waals surface area contributed by atoms with Gasteiger partial charge in [-0.3, -0.25) is 9.59 Å². The third kappa shape index (κ3) is 4.86. The summed E-state index contributed by atoms with van der Waals surface area (Å²) in [4.78, 5) is 24.0. The van der Waals surface area contributed by atoms with E-state index in [1.807, 2.05) is 19.9 Å². The number of hydrogen-bond acceptors (Lipinski definition) is 3. The summed E-state index contributed by atoms with van der Waals surface area (Å²) >= 11 is 3.32. The molecule has 0 fully saturated rings. The van der Waals surface area contributed by atoms with Gasteiger partial charge < -0.3 is 9.88 Å². The fourth-order valence-corrected chi connectivity index (χ4v) is 3.45. The second-order valence-corrected chi connectivity index (χ2v) is 8.03. The lowest BCUT2D eigenvalue weighted by molar-refractivity contribution is -0.136. The first-order chi connectivity index (χ1) is 14.3. The number of benzene rings is 2. The van der Waals surface area contributed by atoms with Gasteiger partial charge in [0.05, 0.1) is 6.21 Å². The lowest BCUT2D eigenvalue weighted by atomic mass is 10.1. The Bertz CT molecular complexity index is 1130. The van der Waals surface area contributed by atoms with Crippen LogP contribution in [-0.4, -0.2) is 22.6 Å². The summed E-state index contributed by atoms with van der Waals surface area (Å²) in [5, 5.41) is 6.49. The van der Waals surface area contributed by atoms with E-state index in [0.717, 1.165) is 27.1 Å². The molecule has 0 aliphatic rings. The second kappa shape index (κ2) is 9.09. The highest BCUT2D eigenvalue weighted by Crippen LogP contribution is 2.23. The second-order valence-electron chi connectivity index (χ2n) is 7.11. The molecule has 0 saturated carbocycles. The number of aromatic nitrogens is 1. The van der Waals surface area contributed by atoms with Crippen molar-refractivity contribution in [1.82, 2.24) is 9.99 Å². The quantitative estimate of drug-likeness (QED) is 0.335. The normalized spacial score (nSPS) is 11.0. The van der Waals surface area contributed by atoms with Crippen LogP contribution in [0.3, 0.4) is 0 Å². The van der Waals surface area contributed by atoms with E-state index in [0.29, 0.717) is 5.69 Å². The van der Waals surface area contributed by atoms with Gasteiger partial charge in [0.25, 0.3) is 0 Å². The molecule has 0 bridgehead atoms. The third-order valence-electron chi connectivity index (χ3n) is 4.75. The van der Waals surface area contributed by atoms with Crippen molar-refractivity contribution in [2.24, 2.45) is 5.10 Å². The van der Waals surface area contributed by atoms with Gasteiger partial charge in [-0.25, -0.2) is 5.43 Å². The maximum Gasteiger partial charge on any atom is 0.329 e. The van der Waals surface area contributed by atoms with E-state index in [1.54, 1.807) is 30.5 Å². The van der Waals surface area contributed by atoms with Gasteiger partial charge in [-0.2, -0.15) is 5.10 Å². The van der Waals surface area contributed by atoms with Gasteiger partial charge in [-0.05, 0) is 75.2 Å². The average molecular weight is 467 g/mol. The Morgan fingerprint density at radius 3 is 2.37 bits per heavy atom. The molecule has 3 rings (SSSR count). The predicted octanol–water partition coefficient (Wildman–Crippen LogP) is 4.56. The summed E-state index contributed by atoms with van der Waals surface area (Å²) in [7, 11) is 0. The maximum atomic E-state index is 12.0.